The minimum Gasteiger partial charge on any atom is -0.392 e. The molecule has 0 saturated heterocycles. The quantitative estimate of drug-likeness (QED) is 0.301. The van der Waals surface area contributed by atoms with Crippen LogP contribution in [0.2, 0.25) is 0 Å². The van der Waals surface area contributed by atoms with Crippen molar-refractivity contribution in [2.45, 2.75) is 44.1 Å². The molecule has 1 aliphatic rings. The number of hydrogen-bond acceptors (Lipinski definition) is 5. The van der Waals surface area contributed by atoms with Gasteiger partial charge in [0, 0.05) is 0 Å². The molecule has 0 aromatic carbocycles. The smallest absolute Gasteiger partial charge is 0.111 e. The van der Waals surface area contributed by atoms with E-state index >= 15 is 0 Å². The minimum atomic E-state index is -1.24. The maximum absolute atomic E-state index is 9.72. The molecule has 0 fully saturated rings. The van der Waals surface area contributed by atoms with Gasteiger partial charge in [-0.3, -0.25) is 0 Å². The number of aliphatic hydroxyl groups is 4. The first-order valence-electron chi connectivity index (χ1n) is 5.70. The van der Waals surface area contributed by atoms with Crippen LogP contribution in [0.1, 0.15) is 19.8 Å². The minimum absolute atomic E-state index is 0.309. The Morgan fingerprint density at radius 1 is 1.25 bits per heavy atom. The van der Waals surface area contributed by atoms with Crippen LogP contribution in [0.5, 0.6) is 0 Å². The number of unbranched alkanes of at least 4 members (excludes halogenated alkanes) is 1. The Morgan fingerprint density at radius 3 is 2.50 bits per heavy atom. The van der Waals surface area contributed by atoms with Gasteiger partial charge in [-0.15, -0.1) is 0 Å². The summed E-state index contributed by atoms with van der Waals surface area (Å²) in [6, 6.07) is -0.410. The molecule has 5 heteroatoms. The highest BCUT2D eigenvalue weighted by molar-refractivity contribution is 5.21. The Balaban J connectivity index is 2.64. The van der Waals surface area contributed by atoms with Gasteiger partial charge < -0.3 is 25.7 Å². The zero-order valence-corrected chi connectivity index (χ0v) is 9.50. The highest BCUT2D eigenvalue weighted by Crippen LogP contribution is 2.19. The average molecular weight is 231 g/mol. The van der Waals surface area contributed by atoms with Crippen LogP contribution in [0, 0.1) is 0 Å². The van der Waals surface area contributed by atoms with Gasteiger partial charge in [-0.1, -0.05) is 19.4 Å². The molecule has 1 rings (SSSR count). The van der Waals surface area contributed by atoms with Crippen LogP contribution in [-0.2, 0) is 0 Å². The molecule has 0 saturated carbocycles. The third-order valence-corrected chi connectivity index (χ3v) is 2.91. The van der Waals surface area contributed by atoms with Crippen molar-refractivity contribution in [2.75, 3.05) is 13.2 Å². The Morgan fingerprint density at radius 2 is 1.94 bits per heavy atom. The molecule has 0 aromatic heterocycles. The maximum Gasteiger partial charge on any atom is 0.111 e. The Hall–Kier alpha value is -0.460. The Labute approximate surface area is 95.4 Å². The highest BCUT2D eigenvalue weighted by atomic mass is 16.4. The number of aliphatic hydroxyl groups excluding tert-OH is 4. The van der Waals surface area contributed by atoms with Crippen LogP contribution in [0.15, 0.2) is 11.6 Å². The predicted molar refractivity (Wildman–Crippen MR) is 59.9 cm³/mol. The third kappa shape index (κ3) is 3.02. The highest BCUT2D eigenvalue weighted by Gasteiger charge is 2.36. The SMILES string of the molecule is CCCCN[C@@H]1C=C(CO)[C@H](O)[C@H](O)[C@H]1O. The van der Waals surface area contributed by atoms with Crippen molar-refractivity contribution in [3.05, 3.63) is 11.6 Å². The van der Waals surface area contributed by atoms with E-state index in [0.717, 1.165) is 19.4 Å². The zero-order valence-electron chi connectivity index (χ0n) is 9.50. The second kappa shape index (κ2) is 6.32. The fourth-order valence-corrected chi connectivity index (χ4v) is 1.82. The number of nitrogens with one attached hydrogen (secondary N) is 1. The summed E-state index contributed by atoms with van der Waals surface area (Å²) in [6.45, 7) is 2.49. The van der Waals surface area contributed by atoms with Crippen molar-refractivity contribution in [2.24, 2.45) is 0 Å². The third-order valence-electron chi connectivity index (χ3n) is 2.91. The van der Waals surface area contributed by atoms with Gasteiger partial charge in [-0.25, -0.2) is 0 Å². The molecule has 0 heterocycles. The summed E-state index contributed by atoms with van der Waals surface area (Å²) in [5, 5.41) is 40.9. The summed E-state index contributed by atoms with van der Waals surface area (Å²) in [5.41, 5.74) is 0.354. The average Bonchev–Trinajstić information content (AvgIpc) is 2.29. The molecule has 5 nitrogen and oxygen atoms in total. The lowest BCUT2D eigenvalue weighted by atomic mass is 9.88. The van der Waals surface area contributed by atoms with Crippen LogP contribution in [0.4, 0.5) is 0 Å². The summed E-state index contributed by atoms with van der Waals surface area (Å²) in [7, 11) is 0. The summed E-state index contributed by atoms with van der Waals surface area (Å²) in [4.78, 5) is 0. The molecule has 0 unspecified atom stereocenters. The number of rotatable bonds is 5. The lowest BCUT2D eigenvalue weighted by Gasteiger charge is -2.34. The van der Waals surface area contributed by atoms with E-state index in [4.69, 9.17) is 5.11 Å². The van der Waals surface area contributed by atoms with E-state index < -0.39 is 24.4 Å². The lowest BCUT2D eigenvalue weighted by molar-refractivity contribution is -0.0641. The first-order chi connectivity index (χ1) is 7.61. The first-order valence-corrected chi connectivity index (χ1v) is 5.70. The first kappa shape index (κ1) is 13.6. The molecule has 16 heavy (non-hydrogen) atoms. The lowest BCUT2D eigenvalue weighted by Crippen LogP contribution is -2.54. The van der Waals surface area contributed by atoms with Crippen molar-refractivity contribution < 1.29 is 20.4 Å². The normalized spacial score (nSPS) is 34.9. The summed E-state index contributed by atoms with van der Waals surface area (Å²) < 4.78 is 0. The fourth-order valence-electron chi connectivity index (χ4n) is 1.82. The van der Waals surface area contributed by atoms with E-state index in [-0.39, 0.29) is 6.61 Å². The molecular weight excluding hydrogens is 210 g/mol. The molecule has 4 atom stereocenters. The van der Waals surface area contributed by atoms with Gasteiger partial charge in [0.2, 0.25) is 0 Å². The Kier molecular flexibility index (Phi) is 5.37. The van der Waals surface area contributed by atoms with E-state index in [1.807, 2.05) is 0 Å². The van der Waals surface area contributed by atoms with E-state index in [9.17, 15) is 15.3 Å². The second-order valence-electron chi connectivity index (χ2n) is 4.16. The summed E-state index contributed by atoms with van der Waals surface area (Å²) in [6.07, 6.45) is 0.150. The maximum atomic E-state index is 9.72. The summed E-state index contributed by atoms with van der Waals surface area (Å²) in [5.74, 6) is 0. The number of hydrogen-bond donors (Lipinski definition) is 5. The van der Waals surface area contributed by atoms with Gasteiger partial charge in [-0.05, 0) is 18.5 Å². The summed E-state index contributed by atoms with van der Waals surface area (Å²) >= 11 is 0. The zero-order chi connectivity index (χ0) is 12.1. The van der Waals surface area contributed by atoms with Gasteiger partial charge in [-0.2, -0.15) is 0 Å². The van der Waals surface area contributed by atoms with Crippen molar-refractivity contribution in [3.8, 4) is 0 Å². The fraction of sp³-hybridized carbons (Fsp3) is 0.818. The largest absolute Gasteiger partial charge is 0.392 e. The van der Waals surface area contributed by atoms with Crippen LogP contribution in [0.25, 0.3) is 0 Å². The Bertz CT molecular complexity index is 244. The monoisotopic (exact) mass is 231 g/mol. The molecule has 0 bridgehead atoms. The van der Waals surface area contributed by atoms with Crippen LogP contribution < -0.4 is 5.32 Å². The van der Waals surface area contributed by atoms with E-state index in [1.165, 1.54) is 0 Å². The molecule has 0 spiro atoms. The topological polar surface area (TPSA) is 93.0 Å². The standard InChI is InChI=1S/C11H21NO4/c1-2-3-4-12-8-5-7(6-13)9(14)11(16)10(8)15/h5,8-16H,2-4,6H2,1H3/t8-,9+,10+,11+/m1/s1. The van der Waals surface area contributed by atoms with E-state index in [0.29, 0.717) is 5.57 Å². The van der Waals surface area contributed by atoms with Crippen molar-refractivity contribution in [1.82, 2.24) is 5.32 Å². The molecule has 1 aliphatic carbocycles. The van der Waals surface area contributed by atoms with Crippen molar-refractivity contribution in [1.29, 1.82) is 0 Å². The molecule has 0 radical (unpaired) electrons. The molecular formula is C11H21NO4. The van der Waals surface area contributed by atoms with Gasteiger partial charge >= 0.3 is 0 Å². The van der Waals surface area contributed by atoms with Crippen LogP contribution in [-0.4, -0.2) is 57.9 Å². The van der Waals surface area contributed by atoms with Crippen LogP contribution >= 0.6 is 0 Å². The molecule has 5 N–H and O–H groups in total. The van der Waals surface area contributed by atoms with Crippen molar-refractivity contribution in [3.63, 3.8) is 0 Å². The van der Waals surface area contributed by atoms with E-state index in [1.54, 1.807) is 6.08 Å². The van der Waals surface area contributed by atoms with Gasteiger partial charge in [0.05, 0.1) is 12.6 Å². The van der Waals surface area contributed by atoms with Crippen molar-refractivity contribution >= 4 is 0 Å². The van der Waals surface area contributed by atoms with Gasteiger partial charge in [0.1, 0.15) is 18.3 Å². The molecule has 0 aromatic rings. The molecule has 0 amide bonds. The van der Waals surface area contributed by atoms with Gasteiger partial charge in [0.15, 0.2) is 0 Å². The van der Waals surface area contributed by atoms with E-state index in [2.05, 4.69) is 12.2 Å². The predicted octanol–water partition coefficient (Wildman–Crippen LogP) is -1.24. The van der Waals surface area contributed by atoms with Gasteiger partial charge in [0.25, 0.3) is 0 Å². The second-order valence-corrected chi connectivity index (χ2v) is 4.16. The molecule has 0 aliphatic heterocycles. The van der Waals surface area contributed by atoms with Crippen LogP contribution in [0.3, 0.4) is 0 Å². The molecule has 94 valence electrons.